The van der Waals surface area contributed by atoms with Crippen molar-refractivity contribution in [3.8, 4) is 0 Å². The summed E-state index contributed by atoms with van der Waals surface area (Å²) in [5.74, 6) is -1.18. The maximum absolute atomic E-state index is 13.2. The number of carbonyl (C=O) groups is 2. The summed E-state index contributed by atoms with van der Waals surface area (Å²) < 4.78 is 4.70. The fourth-order valence-electron chi connectivity index (χ4n) is 2.64. The monoisotopic (exact) mass is 465 g/mol. The Kier molecular flexibility index (Phi) is 8.53. The molecule has 0 saturated carbocycles. The van der Waals surface area contributed by atoms with Gasteiger partial charge in [-0.3, -0.25) is 24.5 Å². The third-order valence-electron chi connectivity index (χ3n) is 4.01. The Morgan fingerprint density at radius 1 is 0.793 bits per heavy atom. The molecule has 0 fully saturated rings. The molecule has 148 valence electrons. The molecule has 2 radical (unpaired) electrons. The van der Waals surface area contributed by atoms with Crippen molar-refractivity contribution >= 4 is 17.6 Å². The SMILES string of the molecule is Cc1[c-]cc(C(=O)N(C(=O)c2c[c-]c(C)nc2C)c2nonc2C)c(C)n1.[V].[V]. The van der Waals surface area contributed by atoms with Crippen LogP contribution in [0.4, 0.5) is 5.82 Å². The minimum atomic E-state index is -0.597. The van der Waals surface area contributed by atoms with Crippen LogP contribution >= 0.6 is 0 Å². The minimum absolute atomic E-state index is 0. The molecule has 3 rings (SSSR count). The number of hydrogen-bond acceptors (Lipinski definition) is 7. The van der Waals surface area contributed by atoms with Crippen molar-refractivity contribution in [1.29, 1.82) is 0 Å². The molecule has 0 bridgehead atoms. The van der Waals surface area contributed by atoms with E-state index in [1.165, 1.54) is 12.1 Å². The third-order valence-corrected chi connectivity index (χ3v) is 4.01. The molecule has 0 unspecified atom stereocenters. The van der Waals surface area contributed by atoms with Gasteiger partial charge in [0.25, 0.3) is 0 Å². The molecule has 0 saturated heterocycles. The van der Waals surface area contributed by atoms with Crippen LogP contribution < -0.4 is 4.90 Å². The molecule has 8 nitrogen and oxygen atoms in total. The first-order chi connectivity index (χ1) is 12.8. The number of pyridine rings is 2. The Hall–Kier alpha value is -2.25. The van der Waals surface area contributed by atoms with E-state index in [2.05, 4.69) is 32.4 Å². The van der Waals surface area contributed by atoms with Gasteiger partial charge in [-0.05, 0) is 51.2 Å². The van der Waals surface area contributed by atoms with Crippen molar-refractivity contribution < 1.29 is 51.3 Å². The van der Waals surface area contributed by atoms with Crippen LogP contribution in [-0.2, 0) is 37.1 Å². The molecule has 0 N–H and O–H groups in total. The number of hydrogen-bond donors (Lipinski definition) is 0. The summed E-state index contributed by atoms with van der Waals surface area (Å²) in [4.78, 5) is 35.9. The van der Waals surface area contributed by atoms with Gasteiger partial charge in [-0.25, -0.2) is 28.9 Å². The van der Waals surface area contributed by atoms with E-state index in [0.29, 0.717) is 28.5 Å². The van der Waals surface area contributed by atoms with E-state index in [1.54, 1.807) is 34.6 Å². The average Bonchev–Trinajstić information content (AvgIpc) is 3.00. The number of aryl methyl sites for hydroxylation is 5. The molecule has 0 spiro atoms. The minimum Gasteiger partial charge on any atom is -0.297 e. The summed E-state index contributed by atoms with van der Waals surface area (Å²) in [7, 11) is 0. The maximum atomic E-state index is 13.2. The van der Waals surface area contributed by atoms with E-state index >= 15 is 0 Å². The molecule has 3 aromatic rings. The van der Waals surface area contributed by atoms with Gasteiger partial charge in [-0.2, -0.15) is 0 Å². The summed E-state index contributed by atoms with van der Waals surface area (Å²) in [5.41, 5.74) is 3.03. The fourth-order valence-corrected chi connectivity index (χ4v) is 2.64. The molecule has 0 aromatic carbocycles. The molecule has 3 aromatic heterocycles. The molecule has 0 aliphatic carbocycles. The van der Waals surface area contributed by atoms with E-state index < -0.39 is 11.8 Å². The van der Waals surface area contributed by atoms with E-state index in [9.17, 15) is 9.59 Å². The topological polar surface area (TPSA) is 102 Å². The number of aromatic nitrogens is 4. The second-order valence-electron chi connectivity index (χ2n) is 6.09. The summed E-state index contributed by atoms with van der Waals surface area (Å²) in [6, 6.07) is 8.79. The Morgan fingerprint density at radius 3 is 1.59 bits per heavy atom. The van der Waals surface area contributed by atoms with Gasteiger partial charge in [0.2, 0.25) is 5.82 Å². The van der Waals surface area contributed by atoms with Crippen molar-refractivity contribution in [1.82, 2.24) is 20.3 Å². The number of imide groups is 1. The zero-order valence-electron chi connectivity index (χ0n) is 16.5. The predicted octanol–water partition coefficient (Wildman–Crippen LogP) is 2.48. The maximum Gasteiger partial charge on any atom is 0.207 e. The smallest absolute Gasteiger partial charge is 0.207 e. The molecule has 0 aliphatic heterocycles. The van der Waals surface area contributed by atoms with Gasteiger partial charge in [0.05, 0.1) is 0 Å². The molecule has 2 amide bonds. The molecule has 10 heteroatoms. The fraction of sp³-hybridized carbons (Fsp3) is 0.263. The van der Waals surface area contributed by atoms with Crippen molar-refractivity contribution in [3.05, 3.63) is 63.9 Å². The van der Waals surface area contributed by atoms with Crippen LogP contribution in [0.15, 0.2) is 16.8 Å². The van der Waals surface area contributed by atoms with Crippen molar-refractivity contribution in [3.63, 3.8) is 0 Å². The van der Waals surface area contributed by atoms with Crippen molar-refractivity contribution in [2.75, 3.05) is 4.90 Å². The van der Waals surface area contributed by atoms with Crippen LogP contribution in [-0.4, -0.2) is 32.1 Å². The molecule has 29 heavy (non-hydrogen) atoms. The number of rotatable bonds is 3. The summed E-state index contributed by atoms with van der Waals surface area (Å²) in [6.45, 7) is 8.52. The zero-order valence-corrected chi connectivity index (χ0v) is 19.3. The number of carbonyl (C=O) groups excluding carboxylic acids is 2. The van der Waals surface area contributed by atoms with Crippen LogP contribution in [0.25, 0.3) is 0 Å². The van der Waals surface area contributed by atoms with E-state index in [-0.39, 0.29) is 54.1 Å². The largest absolute Gasteiger partial charge is 0.297 e. The number of nitrogens with zero attached hydrogens (tertiary/aromatic N) is 5. The third kappa shape index (κ3) is 5.03. The second kappa shape index (κ2) is 9.98. The normalized spacial score (nSPS) is 9.97. The van der Waals surface area contributed by atoms with Crippen molar-refractivity contribution in [2.24, 2.45) is 0 Å². The van der Waals surface area contributed by atoms with Gasteiger partial charge in [-0.15, -0.1) is 0 Å². The van der Waals surface area contributed by atoms with E-state index in [0.717, 1.165) is 4.90 Å². The van der Waals surface area contributed by atoms with Gasteiger partial charge in [0.15, 0.2) is 11.8 Å². The van der Waals surface area contributed by atoms with E-state index in [4.69, 9.17) is 4.63 Å². The number of anilines is 1. The summed E-state index contributed by atoms with van der Waals surface area (Å²) in [5, 5.41) is 7.42. The van der Waals surface area contributed by atoms with Gasteiger partial charge in [0, 0.05) is 37.1 Å². The van der Waals surface area contributed by atoms with Gasteiger partial charge < -0.3 is 0 Å². The first-order valence-corrected chi connectivity index (χ1v) is 8.19. The van der Waals surface area contributed by atoms with Gasteiger partial charge in [0.1, 0.15) is 5.69 Å². The Bertz CT molecular complexity index is 989. The van der Waals surface area contributed by atoms with Crippen LogP contribution in [0.5, 0.6) is 0 Å². The molecule has 3 heterocycles. The molecular weight excluding hydrogens is 448 g/mol. The standard InChI is InChI=1S/C19H17N5O3.2V/c1-10-6-8-15(12(3)20-10)18(25)24(17-14(5)22-27-23-17)19(26)16-9-7-11(2)21-13(16)4;;/h8-9H,1-5H3;;/q-2;;. The molecule has 0 aliphatic rings. The first-order valence-electron chi connectivity index (χ1n) is 8.19. The van der Waals surface area contributed by atoms with Crippen LogP contribution in [0.2, 0.25) is 0 Å². The first kappa shape index (κ1) is 24.8. The second-order valence-corrected chi connectivity index (χ2v) is 6.09. The van der Waals surface area contributed by atoms with Gasteiger partial charge >= 0.3 is 0 Å². The van der Waals surface area contributed by atoms with Crippen molar-refractivity contribution in [2.45, 2.75) is 34.6 Å². The molecular formula is C19H17N5O3V2-2. The van der Waals surface area contributed by atoms with Crippen LogP contribution in [0.1, 0.15) is 49.2 Å². The Balaban J connectivity index is 0.00000210. The Labute approximate surface area is 192 Å². The molecule has 0 atom stereocenters. The summed E-state index contributed by atoms with van der Waals surface area (Å²) >= 11 is 0. The Morgan fingerprint density at radius 2 is 1.24 bits per heavy atom. The van der Waals surface area contributed by atoms with Gasteiger partial charge in [-0.1, -0.05) is 27.7 Å². The summed E-state index contributed by atoms with van der Waals surface area (Å²) in [6.07, 6.45) is 0. The predicted molar refractivity (Wildman–Crippen MR) is 95.3 cm³/mol. The van der Waals surface area contributed by atoms with Crippen LogP contribution in [0.3, 0.4) is 0 Å². The quantitative estimate of drug-likeness (QED) is 0.433. The van der Waals surface area contributed by atoms with Crippen LogP contribution in [0, 0.1) is 46.8 Å². The number of amides is 2. The van der Waals surface area contributed by atoms with E-state index in [1.807, 2.05) is 0 Å². The zero-order chi connectivity index (χ0) is 19.7. The average molecular weight is 465 g/mol.